The summed E-state index contributed by atoms with van der Waals surface area (Å²) in [6, 6.07) is 7.67. The molecule has 3 aromatic rings. The van der Waals surface area contributed by atoms with Crippen molar-refractivity contribution in [3.8, 4) is 16.9 Å². The van der Waals surface area contributed by atoms with Gasteiger partial charge >= 0.3 is 0 Å². The standard InChI is InChI=1S/C25H34N4O5S/c1-3-33-16-19(30)14-29(8-7-28-9-11-34-12-10-28)15-22-26-24(31)23-21(17-35-25(23)27-22)18-5-4-6-20(13-18)32-2/h4-6,13,17,19,30H,3,7-12,14-16H2,1-2H3,(H,26,27,31)/t19-/m1/s1. The highest BCUT2D eigenvalue weighted by Crippen LogP contribution is 2.32. The summed E-state index contributed by atoms with van der Waals surface area (Å²) < 4.78 is 16.2. The maximum absolute atomic E-state index is 13.1. The number of rotatable bonds is 12. The van der Waals surface area contributed by atoms with Crippen LogP contribution < -0.4 is 10.3 Å². The minimum Gasteiger partial charge on any atom is -0.497 e. The molecule has 0 bridgehead atoms. The molecule has 9 nitrogen and oxygen atoms in total. The van der Waals surface area contributed by atoms with E-state index in [4.69, 9.17) is 19.2 Å². The zero-order valence-electron chi connectivity index (χ0n) is 20.4. The fourth-order valence-electron chi connectivity index (χ4n) is 4.23. The van der Waals surface area contributed by atoms with Crippen molar-refractivity contribution in [3.05, 3.63) is 45.8 Å². The Balaban J connectivity index is 1.53. The van der Waals surface area contributed by atoms with E-state index < -0.39 is 6.10 Å². The first-order valence-electron chi connectivity index (χ1n) is 12.0. The van der Waals surface area contributed by atoms with Crippen molar-refractivity contribution < 1.29 is 19.3 Å². The van der Waals surface area contributed by atoms with E-state index in [1.165, 1.54) is 11.3 Å². The minimum absolute atomic E-state index is 0.160. The molecule has 2 aromatic heterocycles. The molecule has 0 saturated carbocycles. The van der Waals surface area contributed by atoms with E-state index in [1.54, 1.807) is 7.11 Å². The third-order valence-electron chi connectivity index (χ3n) is 6.07. The van der Waals surface area contributed by atoms with Crippen LogP contribution in [0.15, 0.2) is 34.4 Å². The van der Waals surface area contributed by atoms with Gasteiger partial charge in [0.25, 0.3) is 5.56 Å². The van der Waals surface area contributed by atoms with Gasteiger partial charge in [-0.05, 0) is 24.6 Å². The van der Waals surface area contributed by atoms with Crippen molar-refractivity contribution >= 4 is 21.6 Å². The second kappa shape index (κ2) is 12.6. The molecular formula is C25H34N4O5S. The van der Waals surface area contributed by atoms with Crippen LogP contribution in [0.2, 0.25) is 0 Å². The maximum Gasteiger partial charge on any atom is 0.260 e. The number of fused-ring (bicyclic) bond motifs is 1. The molecule has 190 valence electrons. The normalized spacial score (nSPS) is 15.7. The zero-order chi connectivity index (χ0) is 24.6. The van der Waals surface area contributed by atoms with Crippen molar-refractivity contribution in [2.45, 2.75) is 19.6 Å². The first kappa shape index (κ1) is 25.7. The molecule has 1 aliphatic heterocycles. The average molecular weight is 503 g/mol. The number of H-pyrrole nitrogens is 1. The third kappa shape index (κ3) is 6.87. The molecule has 1 saturated heterocycles. The molecular weight excluding hydrogens is 468 g/mol. The number of nitrogens with one attached hydrogen (secondary N) is 1. The summed E-state index contributed by atoms with van der Waals surface area (Å²) >= 11 is 1.46. The molecule has 0 aliphatic carbocycles. The number of thiophene rings is 1. The monoisotopic (exact) mass is 502 g/mol. The van der Waals surface area contributed by atoms with Crippen molar-refractivity contribution in [2.75, 3.05) is 66.3 Å². The summed E-state index contributed by atoms with van der Waals surface area (Å²) in [4.78, 5) is 26.1. The number of aromatic amines is 1. The van der Waals surface area contributed by atoms with E-state index >= 15 is 0 Å². The van der Waals surface area contributed by atoms with E-state index in [0.717, 1.165) is 56.3 Å². The molecule has 1 aliphatic rings. The van der Waals surface area contributed by atoms with Gasteiger partial charge in [-0.2, -0.15) is 0 Å². The lowest BCUT2D eigenvalue weighted by molar-refractivity contribution is 0.00942. The second-order valence-corrected chi connectivity index (χ2v) is 9.43. The number of morpholine rings is 1. The van der Waals surface area contributed by atoms with E-state index in [-0.39, 0.29) is 12.2 Å². The summed E-state index contributed by atoms with van der Waals surface area (Å²) in [6.45, 7) is 8.51. The molecule has 0 radical (unpaired) electrons. The highest BCUT2D eigenvalue weighted by molar-refractivity contribution is 7.17. The minimum atomic E-state index is -0.614. The average Bonchev–Trinajstić information content (AvgIpc) is 3.31. The lowest BCUT2D eigenvalue weighted by Gasteiger charge is -2.30. The number of aromatic nitrogens is 2. The van der Waals surface area contributed by atoms with E-state index in [9.17, 15) is 9.90 Å². The van der Waals surface area contributed by atoms with E-state index in [0.29, 0.717) is 35.7 Å². The van der Waals surface area contributed by atoms with Crippen molar-refractivity contribution in [1.82, 2.24) is 19.8 Å². The molecule has 0 unspecified atom stereocenters. The van der Waals surface area contributed by atoms with Gasteiger partial charge in [0.05, 0.1) is 45.0 Å². The Kier molecular flexibility index (Phi) is 9.25. The largest absolute Gasteiger partial charge is 0.497 e. The van der Waals surface area contributed by atoms with Gasteiger partial charge in [0, 0.05) is 50.3 Å². The first-order valence-corrected chi connectivity index (χ1v) is 12.9. The number of aliphatic hydroxyl groups is 1. The molecule has 10 heteroatoms. The Labute approximate surface area is 209 Å². The van der Waals surface area contributed by atoms with Crippen molar-refractivity contribution in [2.24, 2.45) is 0 Å². The highest BCUT2D eigenvalue weighted by atomic mass is 32.1. The molecule has 0 spiro atoms. The van der Waals surface area contributed by atoms with Crippen molar-refractivity contribution in [1.29, 1.82) is 0 Å². The molecule has 1 aromatic carbocycles. The number of benzene rings is 1. The lowest BCUT2D eigenvalue weighted by atomic mass is 10.1. The van der Waals surface area contributed by atoms with E-state index in [1.807, 2.05) is 36.6 Å². The number of hydrogen-bond donors (Lipinski definition) is 2. The van der Waals surface area contributed by atoms with Crippen LogP contribution in [0.4, 0.5) is 0 Å². The predicted octanol–water partition coefficient (Wildman–Crippen LogP) is 2.19. The number of aliphatic hydroxyl groups excluding tert-OH is 1. The van der Waals surface area contributed by atoms with E-state index in [2.05, 4.69) is 14.8 Å². The van der Waals surface area contributed by atoms with Crippen LogP contribution >= 0.6 is 11.3 Å². The predicted molar refractivity (Wildman–Crippen MR) is 137 cm³/mol. The Morgan fingerprint density at radius 2 is 2.17 bits per heavy atom. The zero-order valence-corrected chi connectivity index (χ0v) is 21.2. The molecule has 4 rings (SSSR count). The van der Waals surface area contributed by atoms with Crippen LogP contribution in [0.25, 0.3) is 21.3 Å². The van der Waals surface area contributed by atoms with Gasteiger partial charge in [0.2, 0.25) is 0 Å². The molecule has 1 atom stereocenters. The van der Waals surface area contributed by atoms with Gasteiger partial charge in [-0.25, -0.2) is 4.98 Å². The van der Waals surface area contributed by atoms with Crippen molar-refractivity contribution in [3.63, 3.8) is 0 Å². The summed E-state index contributed by atoms with van der Waals surface area (Å²) in [7, 11) is 1.63. The van der Waals surface area contributed by atoms with Crippen LogP contribution in [0, 0.1) is 0 Å². The van der Waals surface area contributed by atoms with Crippen LogP contribution in [0.1, 0.15) is 12.7 Å². The Morgan fingerprint density at radius 1 is 1.34 bits per heavy atom. The summed E-state index contributed by atoms with van der Waals surface area (Å²) in [5, 5.41) is 13.0. The molecule has 2 N–H and O–H groups in total. The maximum atomic E-state index is 13.1. The SMILES string of the molecule is CCOC[C@H](O)CN(CCN1CCOCC1)Cc1nc2scc(-c3cccc(OC)c3)c2c(=O)[nH]1. The number of ether oxygens (including phenoxy) is 3. The van der Waals surface area contributed by atoms with Gasteiger partial charge in [-0.3, -0.25) is 14.6 Å². The molecule has 0 amide bonds. The fraction of sp³-hybridized carbons (Fsp3) is 0.520. The Morgan fingerprint density at radius 3 is 2.94 bits per heavy atom. The van der Waals surface area contributed by atoms with Gasteiger partial charge < -0.3 is 24.3 Å². The smallest absolute Gasteiger partial charge is 0.260 e. The molecule has 3 heterocycles. The number of hydrogen-bond acceptors (Lipinski definition) is 9. The highest BCUT2D eigenvalue weighted by Gasteiger charge is 2.19. The first-order chi connectivity index (χ1) is 17.1. The quantitative estimate of drug-likeness (QED) is 0.389. The van der Waals surface area contributed by atoms with Crippen LogP contribution in [0.3, 0.4) is 0 Å². The lowest BCUT2D eigenvalue weighted by Crippen LogP contribution is -2.43. The Hall–Kier alpha value is -2.34. The van der Waals surface area contributed by atoms with Gasteiger partial charge in [0.15, 0.2) is 0 Å². The van der Waals surface area contributed by atoms with Gasteiger partial charge in [0.1, 0.15) is 16.4 Å². The Bertz CT molecular complexity index is 1140. The second-order valence-electron chi connectivity index (χ2n) is 8.58. The van der Waals surface area contributed by atoms with Crippen LogP contribution in [0.5, 0.6) is 5.75 Å². The number of nitrogens with zero attached hydrogens (tertiary/aromatic N) is 3. The summed E-state index contributed by atoms with van der Waals surface area (Å²) in [5.74, 6) is 1.33. The van der Waals surface area contributed by atoms with Gasteiger partial charge in [-0.15, -0.1) is 11.3 Å². The topological polar surface area (TPSA) is 100 Å². The molecule has 1 fully saturated rings. The van der Waals surface area contributed by atoms with Crippen LogP contribution in [-0.4, -0.2) is 97.2 Å². The summed E-state index contributed by atoms with van der Waals surface area (Å²) in [6.07, 6.45) is -0.614. The van der Waals surface area contributed by atoms with Gasteiger partial charge in [-0.1, -0.05) is 12.1 Å². The molecule has 35 heavy (non-hydrogen) atoms. The van der Waals surface area contributed by atoms with Crippen LogP contribution in [-0.2, 0) is 16.0 Å². The third-order valence-corrected chi connectivity index (χ3v) is 6.94. The fourth-order valence-corrected chi connectivity index (χ4v) is 5.20. The number of methoxy groups -OCH3 is 1. The summed E-state index contributed by atoms with van der Waals surface area (Å²) in [5.41, 5.74) is 1.61.